The summed E-state index contributed by atoms with van der Waals surface area (Å²) in [4.78, 5) is 7.20. The highest BCUT2D eigenvalue weighted by Gasteiger charge is 2.30. The number of fused-ring (bicyclic) bond motifs is 1. The van der Waals surface area contributed by atoms with Gasteiger partial charge in [0.05, 0.1) is 0 Å². The van der Waals surface area contributed by atoms with Crippen molar-refractivity contribution in [2.75, 3.05) is 18.8 Å². The van der Waals surface area contributed by atoms with E-state index in [9.17, 15) is 0 Å². The first-order valence-electron chi connectivity index (χ1n) is 7.42. The van der Waals surface area contributed by atoms with Crippen LogP contribution in [0.2, 0.25) is 0 Å². The fraction of sp³-hybridized carbons (Fsp3) is 0.562. The quantitative estimate of drug-likeness (QED) is 0.739. The number of hydrogen-bond acceptors (Lipinski definition) is 4. The lowest BCUT2D eigenvalue weighted by Crippen LogP contribution is -2.48. The molecule has 2 heterocycles. The Morgan fingerprint density at radius 1 is 1.20 bits per heavy atom. The van der Waals surface area contributed by atoms with Crippen molar-refractivity contribution in [2.24, 2.45) is 16.8 Å². The van der Waals surface area contributed by atoms with Crippen molar-refractivity contribution in [1.29, 1.82) is 0 Å². The summed E-state index contributed by atoms with van der Waals surface area (Å²) in [5.74, 6) is 3.28. The van der Waals surface area contributed by atoms with Gasteiger partial charge in [0, 0.05) is 18.8 Å². The predicted molar refractivity (Wildman–Crippen MR) is 82.6 cm³/mol. The van der Waals surface area contributed by atoms with Gasteiger partial charge in [-0.25, -0.2) is 4.99 Å². The highest BCUT2D eigenvalue weighted by molar-refractivity contribution is 5.91. The molecule has 3 unspecified atom stereocenters. The van der Waals surface area contributed by atoms with Gasteiger partial charge in [-0.1, -0.05) is 13.8 Å². The van der Waals surface area contributed by atoms with Crippen molar-refractivity contribution in [3.8, 4) is 5.75 Å². The van der Waals surface area contributed by atoms with Crippen LogP contribution >= 0.6 is 0 Å². The number of nitrogens with zero attached hydrogens (tertiary/aromatic N) is 2. The zero-order chi connectivity index (χ0) is 14.3. The van der Waals surface area contributed by atoms with Gasteiger partial charge in [-0.05, 0) is 43.4 Å². The summed E-state index contributed by atoms with van der Waals surface area (Å²) in [5.41, 5.74) is 7.42. The molecule has 20 heavy (non-hydrogen) atoms. The normalized spacial score (nSPS) is 29.4. The van der Waals surface area contributed by atoms with Crippen molar-refractivity contribution in [2.45, 2.75) is 33.3 Å². The van der Waals surface area contributed by atoms with Crippen LogP contribution in [0.15, 0.2) is 23.2 Å². The number of aliphatic imine (C=N–C) groups is 1. The van der Waals surface area contributed by atoms with Crippen LogP contribution < -0.4 is 10.5 Å². The van der Waals surface area contributed by atoms with E-state index < -0.39 is 0 Å². The lowest BCUT2D eigenvalue weighted by Gasteiger charge is -2.39. The molecule has 4 heteroatoms. The lowest BCUT2D eigenvalue weighted by atomic mass is 9.91. The van der Waals surface area contributed by atoms with E-state index in [1.165, 1.54) is 6.42 Å². The van der Waals surface area contributed by atoms with E-state index in [1.54, 1.807) is 0 Å². The molecule has 3 atom stereocenters. The predicted octanol–water partition coefficient (Wildman–Crippen LogP) is 3.06. The molecule has 0 bridgehead atoms. The number of benzene rings is 1. The highest BCUT2D eigenvalue weighted by Crippen LogP contribution is 2.35. The number of ether oxygens (including phenoxy) is 1. The molecule has 1 fully saturated rings. The Labute approximate surface area is 120 Å². The first-order valence-corrected chi connectivity index (χ1v) is 7.42. The Balaban J connectivity index is 1.92. The molecule has 1 saturated heterocycles. The molecule has 108 valence electrons. The van der Waals surface area contributed by atoms with Crippen LogP contribution in [0, 0.1) is 11.8 Å². The number of hydrogen-bond donors (Lipinski definition) is 1. The maximum atomic E-state index is 6.00. The fourth-order valence-corrected chi connectivity index (χ4v) is 3.36. The first kappa shape index (κ1) is 13.3. The van der Waals surface area contributed by atoms with Crippen molar-refractivity contribution >= 4 is 17.2 Å². The Morgan fingerprint density at radius 3 is 2.60 bits per heavy atom. The van der Waals surface area contributed by atoms with Gasteiger partial charge < -0.3 is 15.4 Å². The Hall–Kier alpha value is -1.71. The zero-order valence-electron chi connectivity index (χ0n) is 12.5. The molecule has 0 aromatic heterocycles. The van der Waals surface area contributed by atoms with Crippen LogP contribution in [-0.4, -0.2) is 29.9 Å². The van der Waals surface area contributed by atoms with Gasteiger partial charge in [-0.2, -0.15) is 0 Å². The monoisotopic (exact) mass is 273 g/mol. The van der Waals surface area contributed by atoms with E-state index in [0.717, 1.165) is 36.0 Å². The number of amidine groups is 1. The Morgan fingerprint density at radius 2 is 1.90 bits per heavy atom. The summed E-state index contributed by atoms with van der Waals surface area (Å²) in [7, 11) is 0. The third-order valence-electron chi connectivity index (χ3n) is 4.08. The molecule has 0 radical (unpaired) electrons. The van der Waals surface area contributed by atoms with Crippen LogP contribution in [0.1, 0.15) is 27.2 Å². The summed E-state index contributed by atoms with van der Waals surface area (Å²) in [5, 5.41) is 0. The lowest BCUT2D eigenvalue weighted by molar-refractivity contribution is 0.186. The standard InChI is InChI=1S/C16H23N3O/c1-10-6-11(2)9-19(8-10)16-12(3)20-15-5-4-13(17)7-14(15)18-16/h4-5,7,10-12H,6,8-9,17H2,1-3H3. The smallest absolute Gasteiger partial charge is 0.153 e. The molecule has 0 spiro atoms. The largest absolute Gasteiger partial charge is 0.481 e. The molecule has 2 aliphatic heterocycles. The zero-order valence-corrected chi connectivity index (χ0v) is 12.5. The third-order valence-corrected chi connectivity index (χ3v) is 4.08. The van der Waals surface area contributed by atoms with Crippen molar-refractivity contribution < 1.29 is 4.74 Å². The molecule has 2 aliphatic rings. The fourth-order valence-electron chi connectivity index (χ4n) is 3.36. The van der Waals surface area contributed by atoms with Gasteiger partial charge in [-0.3, -0.25) is 0 Å². The number of nitrogens with two attached hydrogens (primary N) is 1. The minimum Gasteiger partial charge on any atom is -0.481 e. The summed E-state index contributed by atoms with van der Waals surface area (Å²) < 4.78 is 6.00. The van der Waals surface area contributed by atoms with Crippen molar-refractivity contribution in [3.05, 3.63) is 18.2 Å². The molecule has 3 rings (SSSR count). The maximum Gasteiger partial charge on any atom is 0.153 e. The Kier molecular flexibility index (Phi) is 3.32. The van der Waals surface area contributed by atoms with E-state index in [0.29, 0.717) is 11.8 Å². The SMILES string of the molecule is CC1CC(C)CN(C2=Nc3cc(N)ccc3OC2C)C1. The molecular weight excluding hydrogens is 250 g/mol. The van der Waals surface area contributed by atoms with Crippen LogP contribution in [-0.2, 0) is 0 Å². The second kappa shape index (κ2) is 5.00. The van der Waals surface area contributed by atoms with Gasteiger partial charge in [0.2, 0.25) is 0 Å². The molecule has 0 saturated carbocycles. The summed E-state index contributed by atoms with van der Waals surface area (Å²) in [6, 6.07) is 5.65. The average Bonchev–Trinajstić information content (AvgIpc) is 2.37. The molecule has 0 aliphatic carbocycles. The summed E-state index contributed by atoms with van der Waals surface area (Å²) in [6.07, 6.45) is 1.30. The molecule has 4 nitrogen and oxygen atoms in total. The minimum absolute atomic E-state index is 0.00336. The maximum absolute atomic E-state index is 6.00. The van der Waals surface area contributed by atoms with E-state index in [4.69, 9.17) is 15.5 Å². The van der Waals surface area contributed by atoms with Gasteiger partial charge in [0.1, 0.15) is 17.3 Å². The number of anilines is 1. The number of rotatable bonds is 0. The highest BCUT2D eigenvalue weighted by atomic mass is 16.5. The third kappa shape index (κ3) is 2.47. The van der Waals surface area contributed by atoms with Gasteiger partial charge in [0.15, 0.2) is 6.10 Å². The number of likely N-dealkylation sites (tertiary alicyclic amines) is 1. The second-order valence-electron chi connectivity index (χ2n) is 6.31. The topological polar surface area (TPSA) is 50.8 Å². The molecular formula is C16H23N3O. The van der Waals surface area contributed by atoms with E-state index >= 15 is 0 Å². The minimum atomic E-state index is 0.00336. The van der Waals surface area contributed by atoms with E-state index in [2.05, 4.69) is 25.7 Å². The van der Waals surface area contributed by atoms with E-state index in [-0.39, 0.29) is 6.10 Å². The van der Waals surface area contributed by atoms with Crippen LogP contribution in [0.25, 0.3) is 0 Å². The van der Waals surface area contributed by atoms with Crippen LogP contribution in [0.4, 0.5) is 11.4 Å². The van der Waals surface area contributed by atoms with Gasteiger partial charge >= 0.3 is 0 Å². The molecule has 1 aromatic carbocycles. The van der Waals surface area contributed by atoms with Gasteiger partial charge in [-0.15, -0.1) is 0 Å². The average molecular weight is 273 g/mol. The molecule has 1 aromatic rings. The van der Waals surface area contributed by atoms with Crippen LogP contribution in [0.5, 0.6) is 5.75 Å². The molecule has 0 amide bonds. The molecule has 2 N–H and O–H groups in total. The van der Waals surface area contributed by atoms with Crippen LogP contribution in [0.3, 0.4) is 0 Å². The van der Waals surface area contributed by atoms with Crippen molar-refractivity contribution in [1.82, 2.24) is 4.90 Å². The Bertz CT molecular complexity index is 531. The second-order valence-corrected chi connectivity index (χ2v) is 6.31. The summed E-state index contributed by atoms with van der Waals surface area (Å²) >= 11 is 0. The number of nitrogen functional groups attached to an aromatic ring is 1. The summed E-state index contributed by atoms with van der Waals surface area (Å²) in [6.45, 7) is 8.82. The van der Waals surface area contributed by atoms with E-state index in [1.807, 2.05) is 18.2 Å². The number of piperidine rings is 1. The van der Waals surface area contributed by atoms with Gasteiger partial charge in [0.25, 0.3) is 0 Å². The van der Waals surface area contributed by atoms with Crippen molar-refractivity contribution in [3.63, 3.8) is 0 Å². The first-order chi connectivity index (χ1) is 9.52.